The lowest BCUT2D eigenvalue weighted by atomic mass is 9.91. The summed E-state index contributed by atoms with van der Waals surface area (Å²) in [6.07, 6.45) is 2.42. The molecule has 4 rings (SSSR count). The fourth-order valence-corrected chi connectivity index (χ4v) is 5.30. The maximum atomic E-state index is 14.2. The fraction of sp³-hybridized carbons (Fsp3) is 0.433. The highest BCUT2D eigenvalue weighted by molar-refractivity contribution is 5.88. The van der Waals surface area contributed by atoms with E-state index in [1.54, 1.807) is 32.9 Å². The first kappa shape index (κ1) is 28.1. The standard InChI is InChI=1S/C30H36FN3O5/c1-5-24(28(36)37)34-25-12-10-19(31)16-22(25)23-17-21(11-13-26(23)34)32-27(35)14-9-18-7-6-8-20(15-18)33-29(38)39-30(2,3)4/h6-8,10,12,15-16,21,24H,5,9,11,13-14,17H2,1-4H3,(H,32,35)(H,33,38)(H,36,37)/t21-,24?/m0/s1. The summed E-state index contributed by atoms with van der Waals surface area (Å²) in [7, 11) is 0. The van der Waals surface area contributed by atoms with Crippen molar-refractivity contribution in [2.45, 2.75) is 83.9 Å². The van der Waals surface area contributed by atoms with Crippen LogP contribution in [0.4, 0.5) is 14.9 Å². The molecule has 0 saturated heterocycles. The van der Waals surface area contributed by atoms with Crippen LogP contribution in [0.15, 0.2) is 42.5 Å². The number of benzene rings is 2. The molecule has 8 nitrogen and oxygen atoms in total. The quantitative estimate of drug-likeness (QED) is 0.338. The van der Waals surface area contributed by atoms with E-state index >= 15 is 0 Å². The number of fused-ring (bicyclic) bond motifs is 3. The number of carboxylic acids is 1. The Morgan fingerprint density at radius 2 is 1.95 bits per heavy atom. The third kappa shape index (κ3) is 6.77. The molecule has 39 heavy (non-hydrogen) atoms. The van der Waals surface area contributed by atoms with Crippen molar-refractivity contribution in [1.29, 1.82) is 0 Å². The molecule has 0 spiro atoms. The molecule has 2 amide bonds. The number of carbonyl (C=O) groups is 3. The van der Waals surface area contributed by atoms with Gasteiger partial charge in [0.1, 0.15) is 17.5 Å². The van der Waals surface area contributed by atoms with Gasteiger partial charge in [0.15, 0.2) is 0 Å². The van der Waals surface area contributed by atoms with Gasteiger partial charge in [-0.05, 0) is 94.3 Å². The van der Waals surface area contributed by atoms with Crippen LogP contribution in [0.2, 0.25) is 0 Å². The Labute approximate surface area is 227 Å². The van der Waals surface area contributed by atoms with Crippen molar-refractivity contribution in [3.05, 3.63) is 65.1 Å². The third-order valence-corrected chi connectivity index (χ3v) is 6.92. The highest BCUT2D eigenvalue weighted by Crippen LogP contribution is 2.36. The number of aromatic nitrogens is 1. The molecule has 0 saturated carbocycles. The average Bonchev–Trinajstić information content (AvgIpc) is 3.15. The molecule has 0 bridgehead atoms. The van der Waals surface area contributed by atoms with E-state index in [9.17, 15) is 23.9 Å². The van der Waals surface area contributed by atoms with Crippen molar-refractivity contribution in [3.8, 4) is 0 Å². The molecule has 3 aromatic rings. The Bertz CT molecular complexity index is 1390. The van der Waals surface area contributed by atoms with E-state index in [1.807, 2.05) is 29.7 Å². The van der Waals surface area contributed by atoms with Gasteiger partial charge in [-0.25, -0.2) is 14.0 Å². The summed E-state index contributed by atoms with van der Waals surface area (Å²) in [5, 5.41) is 16.3. The second kappa shape index (κ2) is 11.5. The molecule has 0 aliphatic heterocycles. The fourth-order valence-electron chi connectivity index (χ4n) is 5.30. The summed E-state index contributed by atoms with van der Waals surface area (Å²) in [5.41, 5.74) is 3.42. The maximum Gasteiger partial charge on any atom is 0.412 e. The smallest absolute Gasteiger partial charge is 0.412 e. The number of nitrogens with zero attached hydrogens (tertiary/aromatic N) is 1. The number of halogens is 1. The summed E-state index contributed by atoms with van der Waals surface area (Å²) in [5.74, 6) is -1.39. The van der Waals surface area contributed by atoms with Crippen LogP contribution in [0.25, 0.3) is 10.9 Å². The molecule has 1 aromatic heterocycles. The molecule has 0 radical (unpaired) electrons. The number of anilines is 1. The van der Waals surface area contributed by atoms with Gasteiger partial charge in [-0.15, -0.1) is 0 Å². The Morgan fingerprint density at radius 1 is 1.18 bits per heavy atom. The minimum Gasteiger partial charge on any atom is -0.480 e. The minimum absolute atomic E-state index is 0.0964. The maximum absolute atomic E-state index is 14.2. The Kier molecular flexibility index (Phi) is 8.28. The summed E-state index contributed by atoms with van der Waals surface area (Å²) in [4.78, 5) is 36.9. The highest BCUT2D eigenvalue weighted by atomic mass is 19.1. The predicted octanol–water partition coefficient (Wildman–Crippen LogP) is 5.77. The molecule has 1 aliphatic rings. The van der Waals surface area contributed by atoms with Crippen molar-refractivity contribution < 1.29 is 28.6 Å². The second-order valence-electron chi connectivity index (χ2n) is 11.1. The van der Waals surface area contributed by atoms with E-state index in [4.69, 9.17) is 4.74 Å². The van der Waals surface area contributed by atoms with Gasteiger partial charge in [-0.1, -0.05) is 19.1 Å². The van der Waals surface area contributed by atoms with Crippen LogP contribution in [0.5, 0.6) is 0 Å². The first-order valence-electron chi connectivity index (χ1n) is 13.4. The van der Waals surface area contributed by atoms with E-state index in [0.29, 0.717) is 48.7 Å². The largest absolute Gasteiger partial charge is 0.480 e. The van der Waals surface area contributed by atoms with Crippen LogP contribution in [0.1, 0.15) is 69.8 Å². The van der Waals surface area contributed by atoms with Crippen LogP contribution in [-0.4, -0.2) is 39.3 Å². The molecule has 0 fully saturated rings. The van der Waals surface area contributed by atoms with Gasteiger partial charge >= 0.3 is 12.1 Å². The van der Waals surface area contributed by atoms with Gasteiger partial charge in [0.05, 0.1) is 0 Å². The molecule has 2 aromatic carbocycles. The monoisotopic (exact) mass is 537 g/mol. The van der Waals surface area contributed by atoms with E-state index < -0.39 is 23.7 Å². The molecule has 1 aliphatic carbocycles. The SMILES string of the molecule is CCC(C(=O)O)n1c2c(c3cc(F)ccc31)C[C@@H](NC(=O)CCc1cccc(NC(=O)OC(C)(C)C)c1)CC2. The van der Waals surface area contributed by atoms with Gasteiger partial charge in [-0.2, -0.15) is 0 Å². The molecule has 1 heterocycles. The van der Waals surface area contributed by atoms with Gasteiger partial charge in [0.2, 0.25) is 5.91 Å². The molecule has 1 unspecified atom stereocenters. The average molecular weight is 538 g/mol. The number of rotatable bonds is 8. The molecule has 208 valence electrons. The van der Waals surface area contributed by atoms with Crippen LogP contribution in [-0.2, 0) is 33.6 Å². The number of ether oxygens (including phenoxy) is 1. The van der Waals surface area contributed by atoms with Gasteiger partial charge < -0.3 is 19.7 Å². The third-order valence-electron chi connectivity index (χ3n) is 6.92. The number of carboxylic acid groups (broad SMARTS) is 1. The van der Waals surface area contributed by atoms with Crippen molar-refractivity contribution in [1.82, 2.24) is 9.88 Å². The van der Waals surface area contributed by atoms with E-state index in [1.165, 1.54) is 12.1 Å². The zero-order chi connectivity index (χ0) is 28.3. The lowest BCUT2D eigenvalue weighted by Crippen LogP contribution is -2.39. The van der Waals surface area contributed by atoms with Gasteiger partial charge in [-0.3, -0.25) is 10.1 Å². The summed E-state index contributed by atoms with van der Waals surface area (Å²) in [6, 6.07) is 10.9. The molecular formula is C30H36FN3O5. The van der Waals surface area contributed by atoms with Crippen molar-refractivity contribution in [2.75, 3.05) is 5.32 Å². The summed E-state index contributed by atoms with van der Waals surface area (Å²) >= 11 is 0. The van der Waals surface area contributed by atoms with E-state index in [2.05, 4.69) is 10.6 Å². The summed E-state index contributed by atoms with van der Waals surface area (Å²) in [6.45, 7) is 7.21. The number of aryl methyl sites for hydroxylation is 1. The predicted molar refractivity (Wildman–Crippen MR) is 147 cm³/mol. The Balaban J connectivity index is 1.41. The number of hydrogen-bond acceptors (Lipinski definition) is 4. The van der Waals surface area contributed by atoms with Crippen LogP contribution < -0.4 is 10.6 Å². The molecule has 3 N–H and O–H groups in total. The Hall–Kier alpha value is -3.88. The molecule has 2 atom stereocenters. The topological polar surface area (TPSA) is 110 Å². The zero-order valence-corrected chi connectivity index (χ0v) is 22.8. The number of hydrogen-bond donors (Lipinski definition) is 3. The lowest BCUT2D eigenvalue weighted by molar-refractivity contribution is -0.141. The number of amides is 2. The van der Waals surface area contributed by atoms with Gasteiger partial charge in [0, 0.05) is 34.7 Å². The normalized spacial score (nSPS) is 15.9. The zero-order valence-electron chi connectivity index (χ0n) is 22.8. The van der Waals surface area contributed by atoms with E-state index in [-0.39, 0.29) is 24.2 Å². The molecular weight excluding hydrogens is 501 g/mol. The highest BCUT2D eigenvalue weighted by Gasteiger charge is 2.31. The van der Waals surface area contributed by atoms with Crippen LogP contribution in [0, 0.1) is 5.82 Å². The number of carbonyl (C=O) groups excluding carboxylic acids is 2. The van der Waals surface area contributed by atoms with Gasteiger partial charge in [0.25, 0.3) is 0 Å². The summed E-state index contributed by atoms with van der Waals surface area (Å²) < 4.78 is 21.3. The minimum atomic E-state index is -0.915. The number of nitrogens with one attached hydrogen (secondary N) is 2. The number of aliphatic carboxylic acids is 1. The van der Waals surface area contributed by atoms with E-state index in [0.717, 1.165) is 16.8 Å². The van der Waals surface area contributed by atoms with Crippen molar-refractivity contribution >= 4 is 34.6 Å². The second-order valence-corrected chi connectivity index (χ2v) is 11.1. The van der Waals surface area contributed by atoms with Crippen molar-refractivity contribution in [2.24, 2.45) is 0 Å². The Morgan fingerprint density at radius 3 is 2.64 bits per heavy atom. The molecule has 9 heteroatoms. The van der Waals surface area contributed by atoms with Crippen molar-refractivity contribution in [3.63, 3.8) is 0 Å². The first-order chi connectivity index (χ1) is 18.4. The van der Waals surface area contributed by atoms with Crippen LogP contribution >= 0.6 is 0 Å². The lowest BCUT2D eigenvalue weighted by Gasteiger charge is -2.26. The van der Waals surface area contributed by atoms with Crippen LogP contribution in [0.3, 0.4) is 0 Å². The first-order valence-corrected chi connectivity index (χ1v) is 13.4.